The third kappa shape index (κ3) is 0.888. The fourth-order valence-corrected chi connectivity index (χ4v) is 1.14. The van der Waals surface area contributed by atoms with E-state index in [4.69, 9.17) is 11.0 Å². The van der Waals surface area contributed by atoms with Gasteiger partial charge in [0.2, 0.25) is 0 Å². The van der Waals surface area contributed by atoms with Gasteiger partial charge in [0.25, 0.3) is 0 Å². The summed E-state index contributed by atoms with van der Waals surface area (Å²) in [4.78, 5) is 2.80. The maximum absolute atomic E-state index is 8.54. The summed E-state index contributed by atoms with van der Waals surface area (Å²) in [5.41, 5.74) is 6.83. The molecule has 0 aliphatic heterocycles. The van der Waals surface area contributed by atoms with Crippen LogP contribution in [-0.4, -0.2) is 4.98 Å². The molecule has 1 aromatic rings. The third-order valence-corrected chi connectivity index (χ3v) is 2.12. The smallest absolute Gasteiger partial charge is 0.120 e. The van der Waals surface area contributed by atoms with Crippen molar-refractivity contribution in [2.24, 2.45) is 0 Å². The Morgan fingerprint density at radius 2 is 2.30 bits per heavy atom. The number of rotatable bonds is 0. The van der Waals surface area contributed by atoms with Gasteiger partial charge < -0.3 is 10.7 Å². The van der Waals surface area contributed by atoms with E-state index in [9.17, 15) is 0 Å². The van der Waals surface area contributed by atoms with Gasteiger partial charge in [0, 0.05) is 5.56 Å². The maximum atomic E-state index is 8.54. The zero-order valence-electron chi connectivity index (χ0n) is 5.40. The van der Waals surface area contributed by atoms with Crippen LogP contribution < -0.4 is 5.73 Å². The van der Waals surface area contributed by atoms with E-state index in [1.807, 2.05) is 13.0 Å². The molecule has 10 heavy (non-hydrogen) atoms. The Kier molecular flexibility index (Phi) is 1.68. The summed E-state index contributed by atoms with van der Waals surface area (Å²) in [7, 11) is 0. The van der Waals surface area contributed by atoms with Gasteiger partial charge in [0.15, 0.2) is 0 Å². The molecular formula is C6H6BrN3. The van der Waals surface area contributed by atoms with E-state index in [0.29, 0.717) is 11.4 Å². The summed E-state index contributed by atoms with van der Waals surface area (Å²) in [6.45, 7) is 1.83. The van der Waals surface area contributed by atoms with Crippen LogP contribution in [0.3, 0.4) is 0 Å². The minimum atomic E-state index is 0.423. The molecule has 0 bridgehead atoms. The second-order valence-corrected chi connectivity index (χ2v) is 2.76. The molecule has 0 aromatic carbocycles. The minimum Gasteiger partial charge on any atom is -0.384 e. The number of nitrogens with one attached hydrogen (secondary N) is 1. The van der Waals surface area contributed by atoms with E-state index in [1.54, 1.807) is 0 Å². The number of nitrogen functional groups attached to an aromatic ring is 1. The number of aromatic amines is 1. The summed E-state index contributed by atoms with van der Waals surface area (Å²) in [6.07, 6.45) is 0. The molecule has 0 amide bonds. The quantitative estimate of drug-likeness (QED) is 0.666. The lowest BCUT2D eigenvalue weighted by atomic mass is 10.2. The zero-order chi connectivity index (χ0) is 7.72. The highest BCUT2D eigenvalue weighted by Gasteiger charge is 2.07. The van der Waals surface area contributed by atoms with E-state index < -0.39 is 0 Å². The molecular weight excluding hydrogens is 194 g/mol. The Hall–Kier alpha value is -0.950. The van der Waals surface area contributed by atoms with Crippen molar-refractivity contribution in [3.05, 3.63) is 15.7 Å². The molecule has 1 aromatic heterocycles. The van der Waals surface area contributed by atoms with Crippen molar-refractivity contribution in [3.63, 3.8) is 0 Å². The van der Waals surface area contributed by atoms with Crippen LogP contribution in [0.5, 0.6) is 0 Å². The molecule has 0 radical (unpaired) electrons. The van der Waals surface area contributed by atoms with Crippen LogP contribution in [0.15, 0.2) is 4.60 Å². The molecule has 0 atom stereocenters. The molecule has 3 nitrogen and oxygen atoms in total. The van der Waals surface area contributed by atoms with E-state index in [0.717, 1.165) is 10.2 Å². The van der Waals surface area contributed by atoms with Gasteiger partial charge in [-0.15, -0.1) is 0 Å². The summed E-state index contributed by atoms with van der Waals surface area (Å²) in [5, 5.41) is 8.54. The van der Waals surface area contributed by atoms with Gasteiger partial charge in [0.05, 0.1) is 10.2 Å². The summed E-state index contributed by atoms with van der Waals surface area (Å²) >= 11 is 3.22. The number of halogens is 1. The first kappa shape index (κ1) is 7.16. The van der Waals surface area contributed by atoms with Crippen molar-refractivity contribution < 1.29 is 0 Å². The van der Waals surface area contributed by atoms with Crippen LogP contribution in [0.2, 0.25) is 0 Å². The molecule has 0 aliphatic rings. The second kappa shape index (κ2) is 2.35. The summed E-state index contributed by atoms with van der Waals surface area (Å²) in [6, 6.07) is 2.00. The Morgan fingerprint density at radius 1 is 1.70 bits per heavy atom. The van der Waals surface area contributed by atoms with Crippen molar-refractivity contribution >= 4 is 21.7 Å². The third-order valence-electron chi connectivity index (χ3n) is 1.33. The lowest BCUT2D eigenvalue weighted by Crippen LogP contribution is -1.86. The summed E-state index contributed by atoms with van der Waals surface area (Å²) < 4.78 is 0.779. The Labute approximate surface area is 67.0 Å². The van der Waals surface area contributed by atoms with E-state index in [1.165, 1.54) is 0 Å². The van der Waals surface area contributed by atoms with E-state index in [2.05, 4.69) is 20.9 Å². The van der Waals surface area contributed by atoms with Gasteiger partial charge >= 0.3 is 0 Å². The predicted molar refractivity (Wildman–Crippen MR) is 42.4 cm³/mol. The minimum absolute atomic E-state index is 0.423. The highest BCUT2D eigenvalue weighted by molar-refractivity contribution is 9.10. The molecule has 1 heterocycles. The number of H-pyrrole nitrogens is 1. The first-order valence-electron chi connectivity index (χ1n) is 2.70. The first-order chi connectivity index (χ1) is 4.66. The molecule has 1 rings (SSSR count). The van der Waals surface area contributed by atoms with Gasteiger partial charge in [-0.1, -0.05) is 0 Å². The number of nitrogens with zero attached hydrogens (tertiary/aromatic N) is 1. The van der Waals surface area contributed by atoms with Gasteiger partial charge in [-0.25, -0.2) is 0 Å². The number of nitriles is 1. The average molecular weight is 200 g/mol. The molecule has 52 valence electrons. The molecule has 0 aliphatic carbocycles. The fourth-order valence-electron chi connectivity index (χ4n) is 0.730. The van der Waals surface area contributed by atoms with Crippen molar-refractivity contribution in [1.82, 2.24) is 4.98 Å². The van der Waals surface area contributed by atoms with Crippen LogP contribution in [0, 0.1) is 18.3 Å². The maximum Gasteiger partial charge on any atom is 0.120 e. The van der Waals surface area contributed by atoms with E-state index >= 15 is 0 Å². The lowest BCUT2D eigenvalue weighted by Gasteiger charge is -1.84. The van der Waals surface area contributed by atoms with Crippen LogP contribution >= 0.6 is 15.9 Å². The first-order valence-corrected chi connectivity index (χ1v) is 3.49. The highest BCUT2D eigenvalue weighted by Crippen LogP contribution is 2.22. The largest absolute Gasteiger partial charge is 0.384 e. The van der Waals surface area contributed by atoms with Crippen molar-refractivity contribution in [2.45, 2.75) is 6.92 Å². The molecule has 0 fully saturated rings. The standard InChI is InChI=1S/C6H6BrN3/c1-3-4(2-8)6(9)10-5(3)7/h10H,9H2,1H3. The topological polar surface area (TPSA) is 65.6 Å². The van der Waals surface area contributed by atoms with Crippen molar-refractivity contribution in [3.8, 4) is 6.07 Å². The number of hydrogen-bond acceptors (Lipinski definition) is 2. The molecule has 4 heteroatoms. The Morgan fingerprint density at radius 3 is 2.50 bits per heavy atom. The van der Waals surface area contributed by atoms with Crippen LogP contribution in [0.4, 0.5) is 5.82 Å². The monoisotopic (exact) mass is 199 g/mol. The summed E-state index contributed by atoms with van der Waals surface area (Å²) in [5.74, 6) is 0.423. The number of hydrogen-bond donors (Lipinski definition) is 2. The van der Waals surface area contributed by atoms with Gasteiger partial charge in [-0.3, -0.25) is 0 Å². The molecule has 0 saturated carbocycles. The SMILES string of the molecule is Cc1c(Br)[nH]c(N)c1C#N. The van der Waals surface area contributed by atoms with Crippen molar-refractivity contribution in [1.29, 1.82) is 5.26 Å². The van der Waals surface area contributed by atoms with Crippen LogP contribution in [0.25, 0.3) is 0 Å². The van der Waals surface area contributed by atoms with Crippen molar-refractivity contribution in [2.75, 3.05) is 5.73 Å². The average Bonchev–Trinajstić information content (AvgIpc) is 2.09. The highest BCUT2D eigenvalue weighted by atomic mass is 79.9. The Balaban J connectivity index is 3.37. The van der Waals surface area contributed by atoms with Gasteiger partial charge in [-0.05, 0) is 22.9 Å². The van der Waals surface area contributed by atoms with Gasteiger partial charge in [-0.2, -0.15) is 5.26 Å². The van der Waals surface area contributed by atoms with E-state index in [-0.39, 0.29) is 0 Å². The normalized spacial score (nSPS) is 9.30. The number of anilines is 1. The van der Waals surface area contributed by atoms with Crippen LogP contribution in [0.1, 0.15) is 11.1 Å². The zero-order valence-corrected chi connectivity index (χ0v) is 6.99. The van der Waals surface area contributed by atoms with Crippen LogP contribution in [-0.2, 0) is 0 Å². The molecule has 0 unspecified atom stereocenters. The molecule has 0 saturated heterocycles. The predicted octanol–water partition coefficient (Wildman–Crippen LogP) is 1.54. The lowest BCUT2D eigenvalue weighted by molar-refractivity contribution is 1.33. The number of nitrogens with two attached hydrogens (primary N) is 1. The molecule has 3 N–H and O–H groups in total. The Bertz CT molecular complexity index is 295. The second-order valence-electron chi connectivity index (χ2n) is 1.96. The van der Waals surface area contributed by atoms with Gasteiger partial charge in [0.1, 0.15) is 11.9 Å². The fraction of sp³-hybridized carbons (Fsp3) is 0.167. The number of aromatic nitrogens is 1. The molecule has 0 spiro atoms.